The van der Waals surface area contributed by atoms with E-state index < -0.39 is 0 Å². The molecule has 2 aromatic carbocycles. The van der Waals surface area contributed by atoms with E-state index in [9.17, 15) is 4.79 Å². The first-order valence-electron chi connectivity index (χ1n) is 9.13. The maximum absolute atomic E-state index is 13.4. The van der Waals surface area contributed by atoms with Crippen molar-refractivity contribution in [2.45, 2.75) is 39.2 Å². The van der Waals surface area contributed by atoms with Crippen LogP contribution in [0.5, 0.6) is 0 Å². The summed E-state index contributed by atoms with van der Waals surface area (Å²) in [7, 11) is 0. The number of rotatable bonds is 6. The maximum atomic E-state index is 13.4. The summed E-state index contributed by atoms with van der Waals surface area (Å²) < 4.78 is 2.22. The molecule has 0 aliphatic rings. The normalized spacial score (nSPS) is 11.0. The summed E-state index contributed by atoms with van der Waals surface area (Å²) in [4.78, 5) is 16.7. The molecule has 0 unspecified atom stereocenters. The van der Waals surface area contributed by atoms with Gasteiger partial charge in [0.25, 0.3) is 5.56 Å². The first-order valence-corrected chi connectivity index (χ1v) is 9.54. The molecule has 4 heteroatoms. The summed E-state index contributed by atoms with van der Waals surface area (Å²) in [5.74, 6) is 0. The number of aromatic amines is 1. The summed E-state index contributed by atoms with van der Waals surface area (Å²) >= 11 is 5.62. The second kappa shape index (κ2) is 8.28. The first-order chi connectivity index (χ1) is 12.7. The third-order valence-corrected chi connectivity index (χ3v) is 4.96. The molecule has 0 bridgehead atoms. The zero-order valence-electron chi connectivity index (χ0n) is 15.2. The molecular weight excluding hydrogens is 340 g/mol. The van der Waals surface area contributed by atoms with E-state index >= 15 is 0 Å². The topological polar surface area (TPSA) is 37.8 Å². The molecule has 3 nitrogen and oxygen atoms in total. The smallest absolute Gasteiger partial charge is 0.258 e. The molecule has 1 N–H and O–H groups in total. The molecule has 0 spiro atoms. The number of hydrogen-bond donors (Lipinski definition) is 1. The highest BCUT2D eigenvalue weighted by Gasteiger charge is 2.21. The van der Waals surface area contributed by atoms with E-state index in [2.05, 4.69) is 18.8 Å². The van der Waals surface area contributed by atoms with E-state index in [4.69, 9.17) is 12.2 Å². The quantitative estimate of drug-likeness (QED) is 0.621. The monoisotopic (exact) mass is 364 g/mol. The number of hydrogen-bond acceptors (Lipinski definition) is 2. The molecule has 0 saturated carbocycles. The second-order valence-electron chi connectivity index (χ2n) is 6.39. The number of nitrogens with one attached hydrogen (secondary N) is 1. The van der Waals surface area contributed by atoms with Crippen LogP contribution in [-0.4, -0.2) is 9.55 Å². The summed E-state index contributed by atoms with van der Waals surface area (Å²) in [6, 6.07) is 19.9. The largest absolute Gasteiger partial charge is 0.335 e. The molecular formula is C22H24N2OS. The molecule has 1 heterocycles. The van der Waals surface area contributed by atoms with Gasteiger partial charge in [0.2, 0.25) is 0 Å². The van der Waals surface area contributed by atoms with Crippen molar-refractivity contribution in [3.63, 3.8) is 0 Å². The molecule has 0 fully saturated rings. The molecule has 0 radical (unpaired) electrons. The fourth-order valence-electron chi connectivity index (χ4n) is 3.44. The molecule has 0 aliphatic heterocycles. The van der Waals surface area contributed by atoms with Gasteiger partial charge in [-0.3, -0.25) is 9.36 Å². The molecule has 3 aromatic rings. The molecule has 0 aliphatic carbocycles. The maximum Gasteiger partial charge on any atom is 0.258 e. The van der Waals surface area contributed by atoms with Crippen molar-refractivity contribution in [3.05, 3.63) is 98.2 Å². The Morgan fingerprint density at radius 2 is 1.50 bits per heavy atom. The van der Waals surface area contributed by atoms with Gasteiger partial charge in [-0.25, -0.2) is 0 Å². The summed E-state index contributed by atoms with van der Waals surface area (Å²) in [5, 5.41) is 0. The lowest BCUT2D eigenvalue weighted by atomic mass is 9.98. The van der Waals surface area contributed by atoms with Gasteiger partial charge in [-0.2, -0.15) is 0 Å². The van der Waals surface area contributed by atoms with E-state index in [1.165, 1.54) is 0 Å². The van der Waals surface area contributed by atoms with Crippen molar-refractivity contribution in [1.29, 1.82) is 0 Å². The van der Waals surface area contributed by atoms with Crippen molar-refractivity contribution in [2.24, 2.45) is 0 Å². The van der Waals surface area contributed by atoms with E-state index in [1.807, 2.05) is 60.7 Å². The van der Waals surface area contributed by atoms with E-state index in [1.54, 1.807) is 4.57 Å². The van der Waals surface area contributed by atoms with E-state index in [0.29, 0.717) is 4.77 Å². The Bertz CT molecular complexity index is 935. The Balaban J connectivity index is 2.31. The fourth-order valence-corrected chi connectivity index (χ4v) is 3.75. The van der Waals surface area contributed by atoms with Crippen LogP contribution in [-0.2, 0) is 12.8 Å². The molecule has 1 aromatic heterocycles. The Kier molecular flexibility index (Phi) is 5.84. The van der Waals surface area contributed by atoms with Crippen LogP contribution in [0.3, 0.4) is 0 Å². The summed E-state index contributed by atoms with van der Waals surface area (Å²) in [6.45, 7) is 4.14. The molecule has 0 amide bonds. The van der Waals surface area contributed by atoms with Crippen LogP contribution in [0.1, 0.15) is 48.7 Å². The standard InChI is InChI=1S/C22H24N2OS/c1-3-11-18-19(4-2)23-22(26)24(21(18)25)20(16-12-7-5-8-13-16)17-14-9-6-10-15-17/h5-10,12-15,20H,3-4,11H2,1-2H3,(H,23,26). The van der Waals surface area contributed by atoms with Crippen molar-refractivity contribution in [2.75, 3.05) is 0 Å². The minimum absolute atomic E-state index is 0.0187. The van der Waals surface area contributed by atoms with Crippen molar-refractivity contribution >= 4 is 12.2 Å². The van der Waals surface area contributed by atoms with Crippen LogP contribution in [0, 0.1) is 4.77 Å². The van der Waals surface area contributed by atoms with E-state index in [-0.39, 0.29) is 11.6 Å². The number of aryl methyl sites for hydroxylation is 1. The van der Waals surface area contributed by atoms with Gasteiger partial charge in [0.1, 0.15) is 0 Å². The third-order valence-electron chi connectivity index (χ3n) is 4.66. The van der Waals surface area contributed by atoms with Gasteiger partial charge in [-0.15, -0.1) is 0 Å². The first kappa shape index (κ1) is 18.3. The van der Waals surface area contributed by atoms with Crippen LogP contribution in [0.15, 0.2) is 65.5 Å². The van der Waals surface area contributed by atoms with Crippen LogP contribution in [0.4, 0.5) is 0 Å². The fraction of sp³-hybridized carbons (Fsp3) is 0.273. The molecule has 3 rings (SSSR count). The zero-order chi connectivity index (χ0) is 18.5. The molecule has 0 atom stereocenters. The molecule has 134 valence electrons. The lowest BCUT2D eigenvalue weighted by Gasteiger charge is -2.23. The highest BCUT2D eigenvalue weighted by molar-refractivity contribution is 7.71. The number of nitrogens with zero attached hydrogens (tertiary/aromatic N) is 1. The number of benzene rings is 2. The van der Waals surface area contributed by atoms with Crippen LogP contribution in [0.2, 0.25) is 0 Å². The predicted octanol–water partition coefficient (Wildman–Crippen LogP) is 5.06. The van der Waals surface area contributed by atoms with Gasteiger partial charge in [0.15, 0.2) is 4.77 Å². The zero-order valence-corrected chi connectivity index (χ0v) is 16.1. The second-order valence-corrected chi connectivity index (χ2v) is 6.78. The van der Waals surface area contributed by atoms with Gasteiger partial charge in [0, 0.05) is 11.3 Å². The van der Waals surface area contributed by atoms with Gasteiger partial charge in [0.05, 0.1) is 6.04 Å². The SMILES string of the molecule is CCCc1c(CC)[nH]c(=S)n(C(c2ccccc2)c2ccccc2)c1=O. The Hall–Kier alpha value is -2.46. The van der Waals surface area contributed by atoms with Crippen molar-refractivity contribution < 1.29 is 0 Å². The minimum Gasteiger partial charge on any atom is -0.335 e. The highest BCUT2D eigenvalue weighted by Crippen LogP contribution is 2.26. The lowest BCUT2D eigenvalue weighted by Crippen LogP contribution is -2.32. The Morgan fingerprint density at radius 1 is 0.962 bits per heavy atom. The van der Waals surface area contributed by atoms with E-state index in [0.717, 1.165) is 41.6 Å². The molecule has 26 heavy (non-hydrogen) atoms. The van der Waals surface area contributed by atoms with Gasteiger partial charge >= 0.3 is 0 Å². The third kappa shape index (κ3) is 3.56. The highest BCUT2D eigenvalue weighted by atomic mass is 32.1. The number of aromatic nitrogens is 2. The van der Waals surface area contributed by atoms with Gasteiger partial charge in [-0.1, -0.05) is 80.9 Å². The average molecular weight is 365 g/mol. The van der Waals surface area contributed by atoms with Gasteiger partial charge < -0.3 is 4.98 Å². The van der Waals surface area contributed by atoms with Crippen LogP contribution in [0.25, 0.3) is 0 Å². The molecule has 0 saturated heterocycles. The summed E-state index contributed by atoms with van der Waals surface area (Å²) in [5.41, 5.74) is 3.92. The minimum atomic E-state index is -0.241. The number of H-pyrrole nitrogens is 1. The Morgan fingerprint density at radius 3 is 1.96 bits per heavy atom. The average Bonchev–Trinajstić information content (AvgIpc) is 2.68. The van der Waals surface area contributed by atoms with Gasteiger partial charge in [-0.05, 0) is 36.2 Å². The van der Waals surface area contributed by atoms with Crippen molar-refractivity contribution in [1.82, 2.24) is 9.55 Å². The lowest BCUT2D eigenvalue weighted by molar-refractivity contribution is 0.607. The van der Waals surface area contributed by atoms with Crippen LogP contribution < -0.4 is 5.56 Å². The predicted molar refractivity (Wildman–Crippen MR) is 109 cm³/mol. The Labute approximate surface area is 159 Å². The summed E-state index contributed by atoms with van der Waals surface area (Å²) in [6.07, 6.45) is 2.45. The van der Waals surface area contributed by atoms with Crippen molar-refractivity contribution in [3.8, 4) is 0 Å². The van der Waals surface area contributed by atoms with Crippen LogP contribution >= 0.6 is 12.2 Å².